The third kappa shape index (κ3) is 4.10. The Kier molecular flexibility index (Phi) is 6.41. The summed E-state index contributed by atoms with van der Waals surface area (Å²) < 4.78 is 19.0. The van der Waals surface area contributed by atoms with Crippen molar-refractivity contribution in [3.8, 4) is 11.5 Å². The molecular formula is C28H30N2O4. The van der Waals surface area contributed by atoms with Gasteiger partial charge in [0, 0.05) is 37.2 Å². The number of likely N-dealkylation sites (tertiary alicyclic amines) is 1. The van der Waals surface area contributed by atoms with Crippen LogP contribution in [-0.2, 0) is 16.1 Å². The van der Waals surface area contributed by atoms with E-state index in [2.05, 4.69) is 28.8 Å². The van der Waals surface area contributed by atoms with Crippen molar-refractivity contribution in [3.63, 3.8) is 0 Å². The summed E-state index contributed by atoms with van der Waals surface area (Å²) in [7, 11) is 3.39. The van der Waals surface area contributed by atoms with Crippen molar-refractivity contribution in [2.24, 2.45) is 0 Å². The summed E-state index contributed by atoms with van der Waals surface area (Å²) in [6.45, 7) is 2.18. The summed E-state index contributed by atoms with van der Waals surface area (Å²) in [5.74, 6) is 1.59. The fourth-order valence-corrected chi connectivity index (χ4v) is 5.08. The highest BCUT2D eigenvalue weighted by molar-refractivity contribution is 5.92. The van der Waals surface area contributed by atoms with Gasteiger partial charge in [-0.05, 0) is 48.1 Å². The predicted octanol–water partition coefficient (Wildman–Crippen LogP) is 5.19. The molecule has 0 spiro atoms. The van der Waals surface area contributed by atoms with Crippen molar-refractivity contribution in [1.82, 2.24) is 9.47 Å². The van der Waals surface area contributed by atoms with Crippen LogP contribution >= 0.6 is 0 Å². The molecule has 6 heteroatoms. The molecule has 0 radical (unpaired) electrons. The summed E-state index contributed by atoms with van der Waals surface area (Å²) >= 11 is 0. The van der Waals surface area contributed by atoms with Gasteiger partial charge >= 0.3 is 0 Å². The number of hydrogen-bond donors (Lipinski definition) is 0. The van der Waals surface area contributed by atoms with Crippen LogP contribution in [0.15, 0.2) is 66.9 Å². The van der Waals surface area contributed by atoms with E-state index in [1.807, 2.05) is 47.5 Å². The molecule has 1 atom stereocenters. The number of aromatic nitrogens is 1. The van der Waals surface area contributed by atoms with Gasteiger partial charge in [-0.2, -0.15) is 0 Å². The van der Waals surface area contributed by atoms with Crippen molar-refractivity contribution in [2.75, 3.05) is 34.0 Å². The van der Waals surface area contributed by atoms with Crippen molar-refractivity contribution in [2.45, 2.75) is 25.4 Å². The molecule has 34 heavy (non-hydrogen) atoms. The maximum atomic E-state index is 13.3. The number of carbonyl (C=O) groups is 1. The fraction of sp³-hybridized carbons (Fsp3) is 0.321. The maximum absolute atomic E-state index is 13.3. The molecule has 1 aromatic heterocycles. The average Bonchev–Trinajstić information content (AvgIpc) is 3.53. The Hall–Kier alpha value is -3.51. The van der Waals surface area contributed by atoms with E-state index in [0.29, 0.717) is 6.61 Å². The van der Waals surface area contributed by atoms with Gasteiger partial charge in [0.05, 0.1) is 25.3 Å². The minimum atomic E-state index is 0.0122. The Morgan fingerprint density at radius 2 is 1.79 bits per heavy atom. The van der Waals surface area contributed by atoms with Crippen LogP contribution in [0.5, 0.6) is 11.5 Å². The van der Waals surface area contributed by atoms with Crippen LogP contribution in [0.1, 0.15) is 24.4 Å². The highest BCUT2D eigenvalue weighted by Gasteiger charge is 2.31. The molecule has 1 saturated heterocycles. The molecule has 0 saturated carbocycles. The minimum Gasteiger partial charge on any atom is -0.496 e. The summed E-state index contributed by atoms with van der Waals surface area (Å²) in [5.41, 5.74) is 2.24. The van der Waals surface area contributed by atoms with E-state index in [0.717, 1.165) is 59.1 Å². The number of rotatable bonds is 8. The van der Waals surface area contributed by atoms with Gasteiger partial charge in [-0.1, -0.05) is 36.4 Å². The zero-order valence-electron chi connectivity index (χ0n) is 19.7. The van der Waals surface area contributed by atoms with E-state index in [1.165, 1.54) is 5.56 Å². The smallest absolute Gasteiger partial charge is 0.261 e. The molecule has 0 bridgehead atoms. The largest absolute Gasteiger partial charge is 0.496 e. The third-order valence-corrected chi connectivity index (χ3v) is 6.73. The molecule has 6 nitrogen and oxygen atoms in total. The third-order valence-electron chi connectivity index (χ3n) is 6.73. The lowest BCUT2D eigenvalue weighted by Crippen LogP contribution is -2.34. The summed E-state index contributed by atoms with van der Waals surface area (Å²) in [5, 5.41) is 3.21. The first-order valence-electron chi connectivity index (χ1n) is 11.8. The second-order valence-corrected chi connectivity index (χ2v) is 8.63. The van der Waals surface area contributed by atoms with Gasteiger partial charge in [-0.3, -0.25) is 4.79 Å². The van der Waals surface area contributed by atoms with E-state index < -0.39 is 0 Å². The fourth-order valence-electron chi connectivity index (χ4n) is 5.08. The molecule has 3 aromatic carbocycles. The van der Waals surface area contributed by atoms with E-state index in [-0.39, 0.29) is 18.6 Å². The zero-order chi connectivity index (χ0) is 23.5. The lowest BCUT2D eigenvalue weighted by molar-refractivity contribution is -0.134. The van der Waals surface area contributed by atoms with Crippen LogP contribution in [0.2, 0.25) is 0 Å². The second-order valence-electron chi connectivity index (χ2n) is 8.63. The number of benzene rings is 3. The topological polar surface area (TPSA) is 52.9 Å². The maximum Gasteiger partial charge on any atom is 0.261 e. The van der Waals surface area contributed by atoms with Gasteiger partial charge < -0.3 is 23.7 Å². The molecular weight excluding hydrogens is 428 g/mol. The Labute approximate surface area is 199 Å². The van der Waals surface area contributed by atoms with Crippen molar-refractivity contribution >= 4 is 27.6 Å². The van der Waals surface area contributed by atoms with Gasteiger partial charge in [0.25, 0.3) is 5.91 Å². The van der Waals surface area contributed by atoms with Crippen LogP contribution in [0.3, 0.4) is 0 Å². The van der Waals surface area contributed by atoms with Gasteiger partial charge in [0.15, 0.2) is 6.61 Å². The number of ether oxygens (including phenoxy) is 3. The quantitative estimate of drug-likeness (QED) is 0.365. The summed E-state index contributed by atoms with van der Waals surface area (Å²) in [4.78, 5) is 15.3. The lowest BCUT2D eigenvalue weighted by Gasteiger charge is -2.26. The molecule has 2 heterocycles. The molecule has 1 fully saturated rings. The normalized spacial score (nSPS) is 15.8. The predicted molar refractivity (Wildman–Crippen MR) is 133 cm³/mol. The summed E-state index contributed by atoms with van der Waals surface area (Å²) in [6.07, 6.45) is 3.96. The van der Waals surface area contributed by atoms with Crippen molar-refractivity contribution in [3.05, 3.63) is 72.4 Å². The van der Waals surface area contributed by atoms with Crippen LogP contribution in [0, 0.1) is 0 Å². The number of carbonyl (C=O) groups excluding carboxylic acids is 1. The molecule has 5 rings (SSSR count). The van der Waals surface area contributed by atoms with E-state index >= 15 is 0 Å². The number of methoxy groups -OCH3 is 2. The molecule has 1 unspecified atom stereocenters. The molecule has 1 aliphatic heterocycles. The molecule has 1 aliphatic rings. The molecule has 4 aromatic rings. The van der Waals surface area contributed by atoms with E-state index in [9.17, 15) is 4.79 Å². The standard InChI is InChI=1S/C28H30N2O4/c1-32-18-17-29-16-14-23-24(29)9-5-11-27(23)34-19-28(31)30-15-6-10-25(30)21-12-13-26(33-2)22-8-4-3-7-20(21)22/h3-5,7-9,11-14,16,25H,6,10,15,17-19H2,1-2H3. The van der Waals surface area contributed by atoms with Crippen LogP contribution in [-0.4, -0.2) is 49.4 Å². The van der Waals surface area contributed by atoms with Gasteiger partial charge in [-0.25, -0.2) is 0 Å². The van der Waals surface area contributed by atoms with E-state index in [4.69, 9.17) is 14.2 Å². The van der Waals surface area contributed by atoms with Crippen LogP contribution in [0.4, 0.5) is 0 Å². The van der Waals surface area contributed by atoms with Gasteiger partial charge in [-0.15, -0.1) is 0 Å². The first-order chi connectivity index (χ1) is 16.7. The number of nitrogens with zero attached hydrogens (tertiary/aromatic N) is 2. The molecule has 1 amide bonds. The highest BCUT2D eigenvalue weighted by atomic mass is 16.5. The Balaban J connectivity index is 1.35. The Bertz CT molecular complexity index is 1310. The molecule has 0 N–H and O–H groups in total. The second kappa shape index (κ2) is 9.77. The molecule has 0 aliphatic carbocycles. The van der Waals surface area contributed by atoms with Crippen molar-refractivity contribution in [1.29, 1.82) is 0 Å². The Morgan fingerprint density at radius 1 is 0.941 bits per heavy atom. The lowest BCUT2D eigenvalue weighted by atomic mass is 9.96. The van der Waals surface area contributed by atoms with Gasteiger partial charge in [0.2, 0.25) is 0 Å². The number of fused-ring (bicyclic) bond motifs is 2. The van der Waals surface area contributed by atoms with Crippen molar-refractivity contribution < 1.29 is 19.0 Å². The van der Waals surface area contributed by atoms with Crippen LogP contribution in [0.25, 0.3) is 21.7 Å². The number of hydrogen-bond acceptors (Lipinski definition) is 4. The van der Waals surface area contributed by atoms with E-state index in [1.54, 1.807) is 14.2 Å². The SMILES string of the molecule is COCCn1ccc2c(OCC(=O)N3CCCC3c3ccc(OC)c4ccccc34)cccc21. The average molecular weight is 459 g/mol. The highest BCUT2D eigenvalue weighted by Crippen LogP contribution is 2.39. The van der Waals surface area contributed by atoms with Gasteiger partial charge in [0.1, 0.15) is 11.5 Å². The summed E-state index contributed by atoms with van der Waals surface area (Å²) in [6, 6.07) is 20.4. The first-order valence-corrected chi connectivity index (χ1v) is 11.8. The molecule has 176 valence electrons. The number of amides is 1. The zero-order valence-corrected chi connectivity index (χ0v) is 19.7. The van der Waals surface area contributed by atoms with Crippen LogP contribution < -0.4 is 9.47 Å². The monoisotopic (exact) mass is 458 g/mol. The Morgan fingerprint density at radius 3 is 2.62 bits per heavy atom. The minimum absolute atomic E-state index is 0.0122. The first kappa shape index (κ1) is 22.3.